The minimum atomic E-state index is -0.444. The number of amides is 1. The maximum absolute atomic E-state index is 12.0. The Morgan fingerprint density at radius 1 is 1.36 bits per heavy atom. The largest absolute Gasteiger partial charge is 0.484 e. The van der Waals surface area contributed by atoms with Gasteiger partial charge < -0.3 is 19.7 Å². The lowest BCUT2D eigenvalue weighted by Crippen LogP contribution is -2.35. The van der Waals surface area contributed by atoms with Crippen molar-refractivity contribution in [1.29, 1.82) is 0 Å². The fraction of sp³-hybridized carbons (Fsp3) is 0.500. The number of hydrogen-bond donors (Lipinski definition) is 2. The third kappa shape index (κ3) is 4.36. The van der Waals surface area contributed by atoms with E-state index in [2.05, 4.69) is 15.5 Å². The number of carbonyl (C=O) groups is 1. The summed E-state index contributed by atoms with van der Waals surface area (Å²) in [6.07, 6.45) is 2.65. The highest BCUT2D eigenvalue weighted by molar-refractivity contribution is 5.77. The molecule has 0 saturated heterocycles. The van der Waals surface area contributed by atoms with Crippen LogP contribution in [0.4, 0.5) is 0 Å². The molecule has 7 nitrogen and oxygen atoms in total. The first kappa shape index (κ1) is 17.4. The number of nitrogens with zero attached hydrogens (tertiary/aromatic N) is 3. The molecule has 1 saturated carbocycles. The van der Waals surface area contributed by atoms with E-state index in [0.717, 1.165) is 17.8 Å². The molecule has 7 heteroatoms. The lowest BCUT2D eigenvalue weighted by Gasteiger charge is -2.15. The van der Waals surface area contributed by atoms with Gasteiger partial charge in [0.2, 0.25) is 0 Å². The van der Waals surface area contributed by atoms with Gasteiger partial charge in [0.05, 0.1) is 6.10 Å². The molecule has 0 spiro atoms. The fourth-order valence-electron chi connectivity index (χ4n) is 3.27. The van der Waals surface area contributed by atoms with Crippen molar-refractivity contribution >= 4 is 5.91 Å². The summed E-state index contributed by atoms with van der Waals surface area (Å²) in [5.74, 6) is 1.56. The van der Waals surface area contributed by atoms with Crippen molar-refractivity contribution in [3.05, 3.63) is 42.0 Å². The van der Waals surface area contributed by atoms with E-state index in [1.54, 1.807) is 6.33 Å². The van der Waals surface area contributed by atoms with Crippen LogP contribution in [-0.2, 0) is 11.8 Å². The number of aliphatic hydroxyl groups excluding tert-OH is 1. The summed E-state index contributed by atoms with van der Waals surface area (Å²) in [4.78, 5) is 12.0. The molecule has 0 bridgehead atoms. The van der Waals surface area contributed by atoms with Gasteiger partial charge in [-0.1, -0.05) is 17.7 Å². The summed E-state index contributed by atoms with van der Waals surface area (Å²) in [5, 5.41) is 21.1. The van der Waals surface area contributed by atoms with Gasteiger partial charge in [-0.15, -0.1) is 10.2 Å². The zero-order valence-corrected chi connectivity index (χ0v) is 14.6. The number of nitrogens with one attached hydrogen (secondary N) is 1. The van der Waals surface area contributed by atoms with Gasteiger partial charge in [-0.05, 0) is 31.9 Å². The monoisotopic (exact) mass is 344 g/mol. The Labute approximate surface area is 147 Å². The Hall–Kier alpha value is -2.41. The van der Waals surface area contributed by atoms with E-state index in [1.165, 1.54) is 0 Å². The molecule has 2 aromatic rings. The number of rotatable bonds is 6. The minimum Gasteiger partial charge on any atom is -0.484 e. The number of ether oxygens (including phenoxy) is 1. The third-order valence-corrected chi connectivity index (χ3v) is 4.72. The molecule has 134 valence electrons. The van der Waals surface area contributed by atoms with E-state index in [4.69, 9.17) is 4.74 Å². The standard InChI is InChI=1S/C18H24N4O3/c1-12-3-5-15(6-4-12)25-10-17(24)19-9-14-7-13(8-16(14)23)18-21-20-11-22(18)2/h3-6,11,13-14,16,23H,7-10H2,1-2H3,(H,19,24)/t13-,14+,16+/m0/s1. The first-order valence-electron chi connectivity index (χ1n) is 8.51. The number of aryl methyl sites for hydroxylation is 2. The van der Waals surface area contributed by atoms with Gasteiger partial charge in [0.15, 0.2) is 6.61 Å². The van der Waals surface area contributed by atoms with Crippen molar-refractivity contribution < 1.29 is 14.6 Å². The zero-order chi connectivity index (χ0) is 17.8. The van der Waals surface area contributed by atoms with E-state index in [0.29, 0.717) is 18.7 Å². The SMILES string of the molecule is Cc1ccc(OCC(=O)NC[C@H]2C[C@H](c3nncn3C)C[C@H]2O)cc1. The summed E-state index contributed by atoms with van der Waals surface area (Å²) in [6, 6.07) is 7.56. The van der Waals surface area contributed by atoms with E-state index in [9.17, 15) is 9.90 Å². The first-order chi connectivity index (χ1) is 12.0. The predicted molar refractivity (Wildman–Crippen MR) is 92.2 cm³/mol. The number of hydrogen-bond acceptors (Lipinski definition) is 5. The maximum atomic E-state index is 12.0. The highest BCUT2D eigenvalue weighted by Gasteiger charge is 2.35. The van der Waals surface area contributed by atoms with Crippen LogP contribution in [0.15, 0.2) is 30.6 Å². The van der Waals surface area contributed by atoms with Crippen LogP contribution in [0.2, 0.25) is 0 Å². The highest BCUT2D eigenvalue weighted by atomic mass is 16.5. The van der Waals surface area contributed by atoms with Gasteiger partial charge in [-0.25, -0.2) is 0 Å². The first-order valence-corrected chi connectivity index (χ1v) is 8.51. The molecule has 2 N–H and O–H groups in total. The molecule has 0 aliphatic heterocycles. The molecule has 3 atom stereocenters. The molecule has 0 radical (unpaired) electrons. The van der Waals surface area contributed by atoms with Gasteiger partial charge in [0.25, 0.3) is 5.91 Å². The second kappa shape index (κ2) is 7.65. The van der Waals surface area contributed by atoms with Crippen LogP contribution in [0, 0.1) is 12.8 Å². The van der Waals surface area contributed by atoms with Gasteiger partial charge in [0.1, 0.15) is 17.9 Å². The molecule has 1 aromatic heterocycles. The predicted octanol–water partition coefficient (Wildman–Crippen LogP) is 1.17. The maximum Gasteiger partial charge on any atom is 0.257 e. The number of aromatic nitrogens is 3. The van der Waals surface area contributed by atoms with Crippen molar-refractivity contribution in [1.82, 2.24) is 20.1 Å². The molecular weight excluding hydrogens is 320 g/mol. The van der Waals surface area contributed by atoms with E-state index < -0.39 is 6.10 Å². The van der Waals surface area contributed by atoms with Gasteiger partial charge in [-0.2, -0.15) is 0 Å². The van der Waals surface area contributed by atoms with Crippen LogP contribution < -0.4 is 10.1 Å². The molecule has 0 unspecified atom stereocenters. The molecule has 1 heterocycles. The second-order valence-electron chi connectivity index (χ2n) is 6.70. The minimum absolute atomic E-state index is 0.0185. The van der Waals surface area contributed by atoms with Crippen molar-refractivity contribution in [3.8, 4) is 5.75 Å². The fourth-order valence-corrected chi connectivity index (χ4v) is 3.27. The quantitative estimate of drug-likeness (QED) is 0.821. The highest BCUT2D eigenvalue weighted by Crippen LogP contribution is 2.37. The van der Waals surface area contributed by atoms with Crippen LogP contribution in [0.5, 0.6) is 5.75 Å². The number of aliphatic hydroxyl groups is 1. The van der Waals surface area contributed by atoms with Crippen molar-refractivity contribution in [2.75, 3.05) is 13.2 Å². The average Bonchev–Trinajstić information content (AvgIpc) is 3.18. The molecule has 1 aliphatic carbocycles. The van der Waals surface area contributed by atoms with Crippen LogP contribution in [0.1, 0.15) is 30.1 Å². The van der Waals surface area contributed by atoms with Crippen LogP contribution in [0.25, 0.3) is 0 Å². The van der Waals surface area contributed by atoms with Crippen LogP contribution in [0.3, 0.4) is 0 Å². The van der Waals surface area contributed by atoms with Gasteiger partial charge >= 0.3 is 0 Å². The van der Waals surface area contributed by atoms with Gasteiger partial charge in [-0.3, -0.25) is 4.79 Å². The van der Waals surface area contributed by atoms with Gasteiger partial charge in [0, 0.05) is 25.4 Å². The summed E-state index contributed by atoms with van der Waals surface area (Å²) in [5.41, 5.74) is 1.14. The summed E-state index contributed by atoms with van der Waals surface area (Å²) in [6.45, 7) is 2.40. The lowest BCUT2D eigenvalue weighted by molar-refractivity contribution is -0.123. The van der Waals surface area contributed by atoms with Crippen LogP contribution >= 0.6 is 0 Å². The molecule has 25 heavy (non-hydrogen) atoms. The second-order valence-corrected chi connectivity index (χ2v) is 6.70. The molecule has 3 rings (SSSR count). The third-order valence-electron chi connectivity index (χ3n) is 4.72. The molecule has 1 aliphatic rings. The molecule has 1 amide bonds. The van der Waals surface area contributed by atoms with Crippen LogP contribution in [-0.4, -0.2) is 45.0 Å². The smallest absolute Gasteiger partial charge is 0.257 e. The summed E-state index contributed by atoms with van der Waals surface area (Å²) < 4.78 is 7.35. The van der Waals surface area contributed by atoms with Crippen molar-refractivity contribution in [2.45, 2.75) is 31.8 Å². The number of benzene rings is 1. The lowest BCUT2D eigenvalue weighted by atomic mass is 10.0. The Morgan fingerprint density at radius 2 is 2.12 bits per heavy atom. The average molecular weight is 344 g/mol. The summed E-state index contributed by atoms with van der Waals surface area (Å²) >= 11 is 0. The molecule has 1 aromatic carbocycles. The van der Waals surface area contributed by atoms with E-state index >= 15 is 0 Å². The van der Waals surface area contributed by atoms with Crippen molar-refractivity contribution in [3.63, 3.8) is 0 Å². The summed E-state index contributed by atoms with van der Waals surface area (Å²) in [7, 11) is 1.90. The Bertz CT molecular complexity index is 713. The topological polar surface area (TPSA) is 89.3 Å². The van der Waals surface area contributed by atoms with E-state index in [-0.39, 0.29) is 24.3 Å². The van der Waals surface area contributed by atoms with E-state index in [1.807, 2.05) is 42.8 Å². The van der Waals surface area contributed by atoms with Crippen molar-refractivity contribution in [2.24, 2.45) is 13.0 Å². The number of carbonyl (C=O) groups excluding carboxylic acids is 1. The molecular formula is C18H24N4O3. The normalized spacial score (nSPS) is 22.8. The molecule has 1 fully saturated rings. The zero-order valence-electron chi connectivity index (χ0n) is 14.6. The Balaban J connectivity index is 1.44. The Morgan fingerprint density at radius 3 is 2.80 bits per heavy atom. The Kier molecular flexibility index (Phi) is 5.33.